The molecule has 0 aromatic carbocycles. The van der Waals surface area contributed by atoms with Gasteiger partial charge in [-0.25, -0.2) is 4.57 Å². The number of carbonyl (C=O) groups excluding carboxylic acids is 2. The summed E-state index contributed by atoms with van der Waals surface area (Å²) >= 11 is 0. The van der Waals surface area contributed by atoms with Gasteiger partial charge < -0.3 is 45.0 Å². The molecule has 372 valence electrons. The van der Waals surface area contributed by atoms with E-state index in [1.165, 1.54) is 19.3 Å². The van der Waals surface area contributed by atoms with Crippen LogP contribution in [0.15, 0.2) is 122 Å². The lowest BCUT2D eigenvalue weighted by Gasteiger charge is -2.41. The van der Waals surface area contributed by atoms with Crippen LogP contribution in [0.5, 0.6) is 0 Å². The van der Waals surface area contributed by atoms with Gasteiger partial charge in [-0.2, -0.15) is 0 Å². The number of allylic oxidation sites excluding steroid dienone is 19. The Balaban J connectivity index is 2.57. The third kappa shape index (κ3) is 31.2. The minimum Gasteiger partial charge on any atom is -0.462 e. The van der Waals surface area contributed by atoms with E-state index in [-0.39, 0.29) is 12.8 Å². The van der Waals surface area contributed by atoms with Crippen LogP contribution < -0.4 is 0 Å². The van der Waals surface area contributed by atoms with E-state index >= 15 is 0 Å². The van der Waals surface area contributed by atoms with Crippen molar-refractivity contribution in [1.29, 1.82) is 0 Å². The predicted octanol–water partition coefficient (Wildman–Crippen LogP) is 8.36. The number of hydrogen-bond acceptors (Lipinski definition) is 13. The first-order valence-corrected chi connectivity index (χ1v) is 24.9. The molecule has 0 aromatic heterocycles. The Morgan fingerprint density at radius 3 is 1.50 bits per heavy atom. The molecule has 15 heteroatoms. The van der Waals surface area contributed by atoms with Gasteiger partial charge in [0.25, 0.3) is 0 Å². The van der Waals surface area contributed by atoms with E-state index in [1.54, 1.807) is 6.08 Å². The number of aliphatic hydroxyl groups is 6. The van der Waals surface area contributed by atoms with Crippen LogP contribution in [0.25, 0.3) is 0 Å². The molecular weight excluding hydrogens is 868 g/mol. The number of unbranched alkanes of at least 4 members (excludes halogenated alkanes) is 4. The summed E-state index contributed by atoms with van der Waals surface area (Å²) in [5.41, 5.74) is 0. The van der Waals surface area contributed by atoms with Crippen molar-refractivity contribution in [3.8, 4) is 0 Å². The van der Waals surface area contributed by atoms with Crippen LogP contribution >= 0.6 is 7.82 Å². The van der Waals surface area contributed by atoms with Crippen LogP contribution in [0.3, 0.4) is 0 Å². The summed E-state index contributed by atoms with van der Waals surface area (Å²) in [7, 11) is -5.17. The zero-order valence-electron chi connectivity index (χ0n) is 39.0. The SMILES string of the molecule is CCCCC/C=C\C/C=C\C/C=C\C/C=C\C/C=C\CCC(=O)O[C@H](COC(=O)CCC/C=C\C/C=C\C/C=C\C/C=C\C=C\[C@@H](O)CC)COP(=O)(O)OC1[C@H](O)[C@H](O)C(O)[C@H](O)[C@H]1O. The second-order valence-corrected chi connectivity index (χ2v) is 17.1. The molecule has 7 N–H and O–H groups in total. The van der Waals surface area contributed by atoms with Crippen molar-refractivity contribution in [2.45, 2.75) is 172 Å². The highest BCUT2D eigenvalue weighted by atomic mass is 31.2. The van der Waals surface area contributed by atoms with Crippen molar-refractivity contribution in [3.63, 3.8) is 0 Å². The summed E-state index contributed by atoms with van der Waals surface area (Å²) in [4.78, 5) is 35.7. The molecule has 0 saturated heterocycles. The van der Waals surface area contributed by atoms with Crippen molar-refractivity contribution in [1.82, 2.24) is 0 Å². The second kappa shape index (κ2) is 39.2. The highest BCUT2D eigenvalue weighted by Crippen LogP contribution is 2.47. The molecule has 0 amide bonds. The van der Waals surface area contributed by atoms with Gasteiger partial charge in [-0.05, 0) is 83.5 Å². The molecule has 0 aromatic rings. The zero-order valence-corrected chi connectivity index (χ0v) is 39.9. The Morgan fingerprint density at radius 2 is 1.00 bits per heavy atom. The Kier molecular flexibility index (Phi) is 35.8. The van der Waals surface area contributed by atoms with Crippen LogP contribution in [-0.2, 0) is 32.7 Å². The first-order valence-electron chi connectivity index (χ1n) is 23.4. The van der Waals surface area contributed by atoms with Crippen LogP contribution in [0.4, 0.5) is 0 Å². The standard InChI is InChI=1S/C51H79O14P/c1-3-5-6-7-8-9-10-11-12-13-14-15-16-21-24-27-30-33-36-39-45(54)64-43(41-63-66(60,61)65-51-49(58)47(56)46(55)48(57)50(51)59)40-62-44(53)38-35-32-29-26-23-20-18-17-19-22-25-28-31-34-37-42(52)4-2/h8-9,11-12,14-15,18-22,24,26,28-31,33-34,37,42-43,46-52,55-59H,3-7,10,13,16-17,23,25,27,32,35-36,38-41H2,1-2H3,(H,60,61)/b9-8-,12-11-,15-14-,20-18-,22-19-,24-21-,29-26-,31-28-,33-30-,37-34+/t42-,43+,46?,47-,48+,49+,50+,51?/m0/s1. The zero-order chi connectivity index (χ0) is 48.7. The fraction of sp³-hybridized carbons (Fsp3) is 0.569. The van der Waals surface area contributed by atoms with Crippen LogP contribution in [0, 0.1) is 0 Å². The predicted molar refractivity (Wildman–Crippen MR) is 259 cm³/mol. The number of carbonyl (C=O) groups is 2. The molecule has 0 radical (unpaired) electrons. The lowest BCUT2D eigenvalue weighted by atomic mass is 9.85. The molecule has 1 aliphatic carbocycles. The summed E-state index contributed by atoms with van der Waals surface area (Å²) in [5, 5.41) is 59.6. The summed E-state index contributed by atoms with van der Waals surface area (Å²) in [5.74, 6) is -1.30. The van der Waals surface area contributed by atoms with Gasteiger partial charge >= 0.3 is 19.8 Å². The highest BCUT2D eigenvalue weighted by Gasteiger charge is 2.51. The number of rotatable bonds is 36. The molecule has 9 atom stereocenters. The lowest BCUT2D eigenvalue weighted by Crippen LogP contribution is -2.64. The molecule has 14 nitrogen and oxygen atoms in total. The van der Waals surface area contributed by atoms with Gasteiger partial charge in [0.15, 0.2) is 6.10 Å². The fourth-order valence-electron chi connectivity index (χ4n) is 6.02. The number of hydrogen-bond donors (Lipinski definition) is 7. The monoisotopic (exact) mass is 947 g/mol. The van der Waals surface area contributed by atoms with E-state index in [9.17, 15) is 49.7 Å². The number of phosphoric acid groups is 1. The largest absolute Gasteiger partial charge is 0.472 e. The van der Waals surface area contributed by atoms with Gasteiger partial charge in [0, 0.05) is 12.8 Å². The molecule has 66 heavy (non-hydrogen) atoms. The average Bonchev–Trinajstić information content (AvgIpc) is 3.30. The average molecular weight is 947 g/mol. The fourth-order valence-corrected chi connectivity index (χ4v) is 6.99. The third-order valence-corrected chi connectivity index (χ3v) is 10.9. The van der Waals surface area contributed by atoms with Gasteiger partial charge in [-0.1, -0.05) is 148 Å². The van der Waals surface area contributed by atoms with E-state index in [2.05, 4.69) is 67.7 Å². The minimum absolute atomic E-state index is 0.0513. The van der Waals surface area contributed by atoms with Crippen molar-refractivity contribution in [2.75, 3.05) is 13.2 Å². The lowest BCUT2D eigenvalue weighted by molar-refractivity contribution is -0.220. The van der Waals surface area contributed by atoms with E-state index in [0.717, 1.165) is 44.9 Å². The Labute approximate surface area is 393 Å². The van der Waals surface area contributed by atoms with E-state index in [0.29, 0.717) is 32.1 Å². The highest BCUT2D eigenvalue weighted by molar-refractivity contribution is 7.47. The van der Waals surface area contributed by atoms with Gasteiger partial charge in [0.1, 0.15) is 43.2 Å². The summed E-state index contributed by atoms with van der Waals surface area (Å²) in [6, 6.07) is 0. The van der Waals surface area contributed by atoms with Crippen molar-refractivity contribution < 1.29 is 68.2 Å². The molecule has 0 bridgehead atoms. The smallest absolute Gasteiger partial charge is 0.462 e. The summed E-state index contributed by atoms with van der Waals surface area (Å²) in [6.07, 6.45) is 39.3. The number of phosphoric ester groups is 1. The molecule has 0 aliphatic heterocycles. The van der Waals surface area contributed by atoms with Crippen LogP contribution in [-0.4, -0.2) is 110 Å². The Hall–Kier alpha value is -3.79. The third-order valence-electron chi connectivity index (χ3n) is 9.96. The Morgan fingerprint density at radius 1 is 0.545 bits per heavy atom. The van der Waals surface area contributed by atoms with Crippen LogP contribution in [0.2, 0.25) is 0 Å². The molecular formula is C51H79O14P. The molecule has 1 fully saturated rings. The normalized spacial score (nSPS) is 22.9. The van der Waals surface area contributed by atoms with E-state index in [1.807, 2.05) is 61.6 Å². The maximum Gasteiger partial charge on any atom is 0.472 e. The molecule has 0 heterocycles. The summed E-state index contributed by atoms with van der Waals surface area (Å²) in [6.45, 7) is 2.81. The van der Waals surface area contributed by atoms with E-state index < -0.39 is 81.8 Å². The molecule has 1 aliphatic rings. The molecule has 3 unspecified atom stereocenters. The van der Waals surface area contributed by atoms with Gasteiger partial charge in [-0.15, -0.1) is 0 Å². The number of aliphatic hydroxyl groups excluding tert-OH is 6. The maximum absolute atomic E-state index is 12.8. The van der Waals surface area contributed by atoms with Gasteiger partial charge in [0.05, 0.1) is 12.7 Å². The topological polar surface area (TPSA) is 230 Å². The molecule has 1 saturated carbocycles. The first-order chi connectivity index (χ1) is 31.8. The Bertz CT molecular complexity index is 1630. The van der Waals surface area contributed by atoms with Crippen molar-refractivity contribution in [3.05, 3.63) is 122 Å². The van der Waals surface area contributed by atoms with E-state index in [4.69, 9.17) is 18.5 Å². The van der Waals surface area contributed by atoms with Gasteiger partial charge in [-0.3, -0.25) is 18.6 Å². The second-order valence-electron chi connectivity index (χ2n) is 15.7. The van der Waals surface area contributed by atoms with Crippen molar-refractivity contribution >= 4 is 19.8 Å². The first kappa shape index (κ1) is 60.2. The summed E-state index contributed by atoms with van der Waals surface area (Å²) < 4.78 is 33.4. The van der Waals surface area contributed by atoms with Crippen molar-refractivity contribution in [2.24, 2.45) is 0 Å². The number of ether oxygens (including phenoxy) is 2. The molecule has 0 spiro atoms. The van der Waals surface area contributed by atoms with Gasteiger partial charge in [0.2, 0.25) is 0 Å². The quantitative estimate of drug-likeness (QED) is 0.0103. The number of esters is 2. The maximum atomic E-state index is 12.8. The molecule has 1 rings (SSSR count). The van der Waals surface area contributed by atoms with Crippen LogP contribution in [0.1, 0.15) is 123 Å². The minimum atomic E-state index is -5.17.